The molecule has 23 heavy (non-hydrogen) atoms. The standard InChI is InChI=1S/C18H22N4O/c23-18(17-14-5-4-6-15(14)20-21-17)22-12-3-1-2-7-16(22)13-8-10-19-11-9-13/h8-11,16H,1-7,12H2,(H,20,21)/t16-/m1/s1. The lowest BCUT2D eigenvalue weighted by Crippen LogP contribution is -2.35. The molecule has 0 aromatic carbocycles. The van der Waals surface area contributed by atoms with Crippen LogP contribution in [0.5, 0.6) is 0 Å². The van der Waals surface area contributed by atoms with Gasteiger partial charge in [-0.2, -0.15) is 5.10 Å². The van der Waals surface area contributed by atoms with Crippen molar-refractivity contribution >= 4 is 5.91 Å². The summed E-state index contributed by atoms with van der Waals surface area (Å²) in [6.07, 6.45) is 11.2. The van der Waals surface area contributed by atoms with Gasteiger partial charge >= 0.3 is 0 Å². The van der Waals surface area contributed by atoms with Crippen molar-refractivity contribution in [3.05, 3.63) is 47.0 Å². The SMILES string of the molecule is O=C(c1n[nH]c2c1CCC2)N1CCCCC[C@@H]1c1ccncc1. The summed E-state index contributed by atoms with van der Waals surface area (Å²) in [4.78, 5) is 19.3. The average Bonchev–Trinajstić information content (AvgIpc) is 3.11. The highest BCUT2D eigenvalue weighted by Gasteiger charge is 2.32. The number of nitrogens with zero attached hydrogens (tertiary/aromatic N) is 3. The van der Waals surface area contributed by atoms with Gasteiger partial charge in [0.2, 0.25) is 0 Å². The van der Waals surface area contributed by atoms with Crippen molar-refractivity contribution in [3.8, 4) is 0 Å². The van der Waals surface area contributed by atoms with E-state index in [0.717, 1.165) is 56.3 Å². The van der Waals surface area contributed by atoms with Crippen LogP contribution in [0, 0.1) is 0 Å². The fraction of sp³-hybridized carbons (Fsp3) is 0.500. The quantitative estimate of drug-likeness (QED) is 0.927. The van der Waals surface area contributed by atoms with Gasteiger partial charge in [0.05, 0.1) is 6.04 Å². The number of H-pyrrole nitrogens is 1. The zero-order valence-corrected chi connectivity index (χ0v) is 13.3. The Bertz CT molecular complexity index is 694. The Kier molecular flexibility index (Phi) is 3.85. The molecule has 0 radical (unpaired) electrons. The molecule has 1 aliphatic carbocycles. The Labute approximate surface area is 136 Å². The van der Waals surface area contributed by atoms with E-state index in [2.05, 4.69) is 15.2 Å². The van der Waals surface area contributed by atoms with Crippen molar-refractivity contribution in [2.75, 3.05) is 6.54 Å². The largest absolute Gasteiger partial charge is 0.330 e. The molecule has 0 spiro atoms. The lowest BCUT2D eigenvalue weighted by molar-refractivity contribution is 0.0673. The Morgan fingerprint density at radius 1 is 1.13 bits per heavy atom. The van der Waals surface area contributed by atoms with Crippen molar-refractivity contribution in [1.29, 1.82) is 0 Å². The monoisotopic (exact) mass is 310 g/mol. The topological polar surface area (TPSA) is 61.9 Å². The van der Waals surface area contributed by atoms with E-state index in [-0.39, 0.29) is 11.9 Å². The number of carbonyl (C=O) groups is 1. The van der Waals surface area contributed by atoms with Crippen LogP contribution in [0.1, 0.15) is 65.5 Å². The molecule has 4 rings (SSSR count). The summed E-state index contributed by atoms with van der Waals surface area (Å²) in [6, 6.07) is 4.21. The zero-order chi connectivity index (χ0) is 15.6. The number of aromatic amines is 1. The van der Waals surface area contributed by atoms with Gasteiger partial charge in [-0.3, -0.25) is 14.9 Å². The van der Waals surface area contributed by atoms with E-state index in [0.29, 0.717) is 5.69 Å². The van der Waals surface area contributed by atoms with Crippen LogP contribution in [0.2, 0.25) is 0 Å². The average molecular weight is 310 g/mol. The minimum absolute atomic E-state index is 0.0908. The molecule has 3 heterocycles. The molecule has 0 saturated carbocycles. The summed E-state index contributed by atoms with van der Waals surface area (Å²) < 4.78 is 0. The second-order valence-corrected chi connectivity index (χ2v) is 6.53. The second kappa shape index (κ2) is 6.14. The number of aryl methyl sites for hydroxylation is 1. The van der Waals surface area contributed by atoms with Crippen LogP contribution in [-0.4, -0.2) is 32.5 Å². The highest BCUT2D eigenvalue weighted by molar-refractivity contribution is 5.94. The van der Waals surface area contributed by atoms with Gasteiger partial charge in [0.15, 0.2) is 5.69 Å². The minimum atomic E-state index is 0.0908. The Morgan fingerprint density at radius 2 is 2.00 bits per heavy atom. The number of nitrogens with one attached hydrogen (secondary N) is 1. The molecule has 1 N–H and O–H groups in total. The van der Waals surface area contributed by atoms with Crippen LogP contribution in [0.3, 0.4) is 0 Å². The molecular weight excluding hydrogens is 288 g/mol. The molecule has 5 heteroatoms. The summed E-state index contributed by atoms with van der Waals surface area (Å²) in [5.74, 6) is 0.0908. The third-order valence-electron chi connectivity index (χ3n) is 5.11. The number of hydrogen-bond donors (Lipinski definition) is 1. The third-order valence-corrected chi connectivity index (χ3v) is 5.11. The number of pyridine rings is 1. The van der Waals surface area contributed by atoms with E-state index in [9.17, 15) is 4.79 Å². The van der Waals surface area contributed by atoms with Crippen LogP contribution in [-0.2, 0) is 12.8 Å². The van der Waals surface area contributed by atoms with Crippen LogP contribution in [0.15, 0.2) is 24.5 Å². The summed E-state index contributed by atoms with van der Waals surface area (Å²) in [6.45, 7) is 0.813. The maximum Gasteiger partial charge on any atom is 0.275 e. The van der Waals surface area contributed by atoms with E-state index in [1.165, 1.54) is 12.0 Å². The first-order chi connectivity index (χ1) is 11.3. The summed E-state index contributed by atoms with van der Waals surface area (Å²) in [7, 11) is 0. The van der Waals surface area contributed by atoms with E-state index in [1.54, 1.807) is 0 Å². The Morgan fingerprint density at radius 3 is 2.87 bits per heavy atom. The number of fused-ring (bicyclic) bond motifs is 1. The number of likely N-dealkylation sites (tertiary alicyclic amines) is 1. The van der Waals surface area contributed by atoms with E-state index in [1.807, 2.05) is 29.4 Å². The molecule has 5 nitrogen and oxygen atoms in total. The van der Waals surface area contributed by atoms with Crippen LogP contribution in [0.4, 0.5) is 0 Å². The van der Waals surface area contributed by atoms with Gasteiger partial charge in [-0.15, -0.1) is 0 Å². The fourth-order valence-electron chi connectivity index (χ4n) is 3.92. The first-order valence-corrected chi connectivity index (χ1v) is 8.61. The van der Waals surface area contributed by atoms with Gasteiger partial charge in [-0.1, -0.05) is 12.8 Å². The maximum absolute atomic E-state index is 13.2. The molecule has 0 bridgehead atoms. The first kappa shape index (κ1) is 14.4. The lowest BCUT2D eigenvalue weighted by Gasteiger charge is -2.30. The third kappa shape index (κ3) is 2.64. The normalized spacial score (nSPS) is 21.0. The smallest absolute Gasteiger partial charge is 0.275 e. The van der Waals surface area contributed by atoms with Crippen molar-refractivity contribution in [2.45, 2.75) is 51.0 Å². The lowest BCUT2D eigenvalue weighted by atomic mass is 10.0. The van der Waals surface area contributed by atoms with Crippen LogP contribution < -0.4 is 0 Å². The zero-order valence-electron chi connectivity index (χ0n) is 13.3. The Balaban J connectivity index is 1.67. The van der Waals surface area contributed by atoms with E-state index < -0.39 is 0 Å². The van der Waals surface area contributed by atoms with Crippen LogP contribution in [0.25, 0.3) is 0 Å². The van der Waals surface area contributed by atoms with Gasteiger partial charge in [-0.05, 0) is 49.8 Å². The van der Waals surface area contributed by atoms with Crippen LogP contribution >= 0.6 is 0 Å². The highest BCUT2D eigenvalue weighted by Crippen LogP contribution is 2.32. The van der Waals surface area contributed by atoms with Crippen molar-refractivity contribution in [1.82, 2.24) is 20.1 Å². The predicted octanol–water partition coefficient (Wildman–Crippen LogP) is 3.05. The highest BCUT2D eigenvalue weighted by atomic mass is 16.2. The number of carbonyl (C=O) groups excluding carboxylic acids is 1. The van der Waals surface area contributed by atoms with Gasteiger partial charge < -0.3 is 4.90 Å². The first-order valence-electron chi connectivity index (χ1n) is 8.61. The molecule has 1 aliphatic heterocycles. The molecule has 1 fully saturated rings. The van der Waals surface area contributed by atoms with Gasteiger partial charge in [0.1, 0.15) is 0 Å². The summed E-state index contributed by atoms with van der Waals surface area (Å²) in [5.41, 5.74) is 4.14. The summed E-state index contributed by atoms with van der Waals surface area (Å²) >= 11 is 0. The minimum Gasteiger partial charge on any atom is -0.330 e. The second-order valence-electron chi connectivity index (χ2n) is 6.53. The summed E-state index contributed by atoms with van der Waals surface area (Å²) in [5, 5.41) is 7.41. The van der Waals surface area contributed by atoms with Gasteiger partial charge in [0.25, 0.3) is 5.91 Å². The van der Waals surface area contributed by atoms with Gasteiger partial charge in [-0.25, -0.2) is 0 Å². The van der Waals surface area contributed by atoms with E-state index in [4.69, 9.17) is 0 Å². The predicted molar refractivity (Wildman–Crippen MR) is 87.1 cm³/mol. The molecule has 1 saturated heterocycles. The molecule has 2 aliphatic rings. The number of rotatable bonds is 2. The van der Waals surface area contributed by atoms with Crippen molar-refractivity contribution in [3.63, 3.8) is 0 Å². The Hall–Kier alpha value is -2.17. The molecule has 2 aromatic rings. The maximum atomic E-state index is 13.2. The molecular formula is C18H22N4O. The molecule has 2 aromatic heterocycles. The molecule has 120 valence electrons. The van der Waals surface area contributed by atoms with Crippen molar-refractivity contribution < 1.29 is 4.79 Å². The number of amides is 1. The fourth-order valence-corrected chi connectivity index (χ4v) is 3.92. The molecule has 1 atom stereocenters. The molecule has 0 unspecified atom stereocenters. The number of hydrogen-bond acceptors (Lipinski definition) is 3. The van der Waals surface area contributed by atoms with E-state index >= 15 is 0 Å². The molecule has 1 amide bonds. The van der Waals surface area contributed by atoms with Gasteiger partial charge in [0, 0.05) is 30.2 Å². The number of aromatic nitrogens is 3. The van der Waals surface area contributed by atoms with Crippen molar-refractivity contribution in [2.24, 2.45) is 0 Å².